The molecule has 2 saturated heterocycles. The van der Waals surface area contributed by atoms with Crippen molar-refractivity contribution in [1.82, 2.24) is 9.80 Å². The number of amides is 1. The van der Waals surface area contributed by atoms with Crippen LogP contribution in [0.5, 0.6) is 5.75 Å². The first-order valence-corrected chi connectivity index (χ1v) is 9.51. The Kier molecular flexibility index (Phi) is 4.60. The largest absolute Gasteiger partial charge is 0.508 e. The Morgan fingerprint density at radius 2 is 2.15 bits per heavy atom. The maximum atomic E-state index is 12.7. The molecule has 2 heterocycles. The number of hydrogen-bond acceptors (Lipinski definition) is 5. The van der Waals surface area contributed by atoms with Crippen molar-refractivity contribution in [2.24, 2.45) is 0 Å². The van der Waals surface area contributed by atoms with E-state index in [4.69, 9.17) is 27.9 Å². The van der Waals surface area contributed by atoms with Gasteiger partial charge in [-0.15, -0.1) is 0 Å². The number of phenols is 1. The minimum absolute atomic E-state index is 0.0426. The van der Waals surface area contributed by atoms with Gasteiger partial charge in [-0.3, -0.25) is 9.69 Å². The van der Waals surface area contributed by atoms with E-state index in [0.29, 0.717) is 35.2 Å². The summed E-state index contributed by atoms with van der Waals surface area (Å²) in [6.07, 6.45) is 1.02. The lowest BCUT2D eigenvalue weighted by molar-refractivity contribution is -0.138. The number of piperazine rings is 1. The van der Waals surface area contributed by atoms with Crippen molar-refractivity contribution in [1.29, 1.82) is 0 Å². The van der Waals surface area contributed by atoms with Gasteiger partial charge < -0.3 is 19.8 Å². The maximum Gasteiger partial charge on any atom is 0.237 e. The number of benzene rings is 1. The number of phenolic OH excluding ortho intramolecular Hbond substituents is 1. The highest BCUT2D eigenvalue weighted by atomic mass is 35.5. The van der Waals surface area contributed by atoms with Crippen LogP contribution in [0.1, 0.15) is 24.3 Å². The van der Waals surface area contributed by atoms with Crippen LogP contribution in [0.15, 0.2) is 12.1 Å². The van der Waals surface area contributed by atoms with Gasteiger partial charge in [0.1, 0.15) is 5.75 Å². The summed E-state index contributed by atoms with van der Waals surface area (Å²) in [4.78, 5) is 16.7. The molecule has 1 saturated carbocycles. The normalized spacial score (nSPS) is 31.7. The summed E-state index contributed by atoms with van der Waals surface area (Å²) in [7, 11) is 1.55. The number of carbonyl (C=O) groups excluding carboxylic acids is 1. The lowest BCUT2D eigenvalue weighted by atomic mass is 9.94. The monoisotopic (exact) mass is 400 g/mol. The highest BCUT2D eigenvalue weighted by Crippen LogP contribution is 2.59. The van der Waals surface area contributed by atoms with Crippen LogP contribution >= 0.6 is 23.2 Å². The number of carbonyl (C=O) groups is 1. The van der Waals surface area contributed by atoms with Crippen LogP contribution in [0, 0.1) is 0 Å². The fourth-order valence-corrected chi connectivity index (χ4v) is 5.30. The molecule has 2 aliphatic heterocycles. The number of methoxy groups -OCH3 is 1. The number of halogens is 2. The molecule has 3 aliphatic rings. The summed E-state index contributed by atoms with van der Waals surface area (Å²) in [5.74, 6) is 0.139. The molecular weight excluding hydrogens is 379 g/mol. The zero-order valence-corrected chi connectivity index (χ0v) is 16.0. The van der Waals surface area contributed by atoms with Crippen molar-refractivity contribution in [3.8, 4) is 5.75 Å². The van der Waals surface area contributed by atoms with E-state index in [0.717, 1.165) is 12.8 Å². The molecule has 8 heteroatoms. The first-order valence-electron chi connectivity index (χ1n) is 8.75. The van der Waals surface area contributed by atoms with Crippen molar-refractivity contribution in [2.75, 3.05) is 33.4 Å². The van der Waals surface area contributed by atoms with Gasteiger partial charge in [-0.25, -0.2) is 0 Å². The van der Waals surface area contributed by atoms with Gasteiger partial charge in [0, 0.05) is 37.7 Å². The number of β-amino-alcohol motifs (C(OH)–C–C–N with tert-alkyl or cyclic N) is 1. The SMILES string of the molecule is COC[C@H](O)CN1CC(=O)N2C[C@@H](c3c(O)ccc(Cl)c3Cl)C[C@@]23CC13. The highest BCUT2D eigenvalue weighted by molar-refractivity contribution is 6.42. The van der Waals surface area contributed by atoms with Crippen molar-refractivity contribution in [2.45, 2.75) is 36.4 Å². The Morgan fingerprint density at radius 1 is 1.38 bits per heavy atom. The van der Waals surface area contributed by atoms with Gasteiger partial charge in [0.25, 0.3) is 0 Å². The summed E-state index contributed by atoms with van der Waals surface area (Å²) >= 11 is 12.5. The zero-order chi connectivity index (χ0) is 18.6. The fraction of sp³-hybridized carbons (Fsp3) is 0.611. The van der Waals surface area contributed by atoms with E-state index in [1.807, 2.05) is 4.90 Å². The first kappa shape index (κ1) is 18.3. The zero-order valence-electron chi connectivity index (χ0n) is 14.5. The van der Waals surface area contributed by atoms with Gasteiger partial charge in [0.05, 0.1) is 34.8 Å². The number of aromatic hydroxyl groups is 1. The van der Waals surface area contributed by atoms with Gasteiger partial charge in [0.15, 0.2) is 0 Å². The molecule has 3 fully saturated rings. The molecule has 0 aromatic heterocycles. The molecular formula is C18H22Cl2N2O4. The second-order valence-electron chi connectivity index (χ2n) is 7.56. The molecule has 0 bridgehead atoms. The van der Waals surface area contributed by atoms with E-state index < -0.39 is 6.10 Å². The summed E-state index contributed by atoms with van der Waals surface area (Å²) in [5, 5.41) is 21.1. The maximum absolute atomic E-state index is 12.7. The topological polar surface area (TPSA) is 73.2 Å². The van der Waals surface area contributed by atoms with Crippen LogP contribution in [-0.2, 0) is 9.53 Å². The van der Waals surface area contributed by atoms with Crippen LogP contribution in [0.2, 0.25) is 10.0 Å². The van der Waals surface area contributed by atoms with E-state index in [-0.39, 0.29) is 35.8 Å². The summed E-state index contributed by atoms with van der Waals surface area (Å²) in [6.45, 7) is 1.52. The van der Waals surface area contributed by atoms with Gasteiger partial charge >= 0.3 is 0 Å². The molecule has 1 spiro atoms. The van der Waals surface area contributed by atoms with E-state index in [2.05, 4.69) is 4.90 Å². The Labute approximate surface area is 162 Å². The third-order valence-electron chi connectivity index (χ3n) is 5.95. The summed E-state index contributed by atoms with van der Waals surface area (Å²) in [5.41, 5.74) is 0.414. The van der Waals surface area contributed by atoms with Gasteiger partial charge in [-0.05, 0) is 25.0 Å². The van der Waals surface area contributed by atoms with Crippen LogP contribution in [0.4, 0.5) is 0 Å². The minimum atomic E-state index is -0.611. The summed E-state index contributed by atoms with van der Waals surface area (Å²) in [6, 6.07) is 3.36. The van der Waals surface area contributed by atoms with E-state index in [1.54, 1.807) is 19.2 Å². The number of hydrogen-bond donors (Lipinski definition) is 2. The first-order chi connectivity index (χ1) is 12.4. The van der Waals surface area contributed by atoms with E-state index in [1.165, 1.54) is 0 Å². The Bertz CT molecular complexity index is 746. The van der Waals surface area contributed by atoms with E-state index in [9.17, 15) is 15.0 Å². The van der Waals surface area contributed by atoms with Crippen LogP contribution in [0.25, 0.3) is 0 Å². The molecule has 6 nitrogen and oxygen atoms in total. The Balaban J connectivity index is 1.56. The fourth-order valence-electron chi connectivity index (χ4n) is 4.82. The molecule has 0 radical (unpaired) electrons. The average Bonchev–Trinajstić information content (AvgIpc) is 3.17. The van der Waals surface area contributed by atoms with Gasteiger partial charge in [-0.1, -0.05) is 23.2 Å². The van der Waals surface area contributed by atoms with Crippen molar-refractivity contribution >= 4 is 29.1 Å². The molecule has 1 unspecified atom stereocenters. The minimum Gasteiger partial charge on any atom is -0.508 e. The number of nitrogens with zero attached hydrogens (tertiary/aromatic N) is 2. The predicted molar refractivity (Wildman–Crippen MR) is 97.8 cm³/mol. The predicted octanol–water partition coefficient (Wildman–Crippen LogP) is 1.85. The third-order valence-corrected chi connectivity index (χ3v) is 6.77. The second kappa shape index (κ2) is 6.53. The number of aliphatic hydroxyl groups is 1. The lowest BCUT2D eigenvalue weighted by Gasteiger charge is -2.37. The standard InChI is InChI=1S/C18H22Cl2N2O4/c1-26-9-11(23)7-21-8-15(25)22-6-10(4-18(22)5-14(18)21)16-13(24)3-2-12(19)17(16)20/h2-3,10-11,14,23-24H,4-9H2,1H3/t10-,11+,14?,18-/m0/s1. The molecule has 1 amide bonds. The molecule has 1 aliphatic carbocycles. The van der Waals surface area contributed by atoms with Gasteiger partial charge in [-0.2, -0.15) is 0 Å². The molecule has 4 rings (SSSR count). The highest BCUT2D eigenvalue weighted by Gasteiger charge is 2.68. The molecule has 26 heavy (non-hydrogen) atoms. The number of ether oxygens (including phenoxy) is 1. The van der Waals surface area contributed by atoms with Crippen LogP contribution in [-0.4, -0.2) is 77.0 Å². The van der Waals surface area contributed by atoms with Crippen molar-refractivity contribution in [3.05, 3.63) is 27.7 Å². The van der Waals surface area contributed by atoms with E-state index >= 15 is 0 Å². The Hall–Kier alpha value is -1.05. The summed E-state index contributed by atoms with van der Waals surface area (Å²) < 4.78 is 4.99. The number of aliphatic hydroxyl groups excluding tert-OH is 1. The molecule has 2 N–H and O–H groups in total. The molecule has 1 aromatic rings. The van der Waals surface area contributed by atoms with Crippen LogP contribution in [0.3, 0.4) is 0 Å². The second-order valence-corrected chi connectivity index (χ2v) is 8.35. The van der Waals surface area contributed by atoms with Crippen LogP contribution < -0.4 is 0 Å². The molecule has 4 atom stereocenters. The van der Waals surface area contributed by atoms with Crippen molar-refractivity contribution in [3.63, 3.8) is 0 Å². The quantitative estimate of drug-likeness (QED) is 0.788. The lowest BCUT2D eigenvalue weighted by Crippen LogP contribution is -2.55. The molecule has 142 valence electrons. The third kappa shape index (κ3) is 2.79. The molecule has 1 aromatic carbocycles. The smallest absolute Gasteiger partial charge is 0.237 e. The average molecular weight is 401 g/mol. The Morgan fingerprint density at radius 3 is 2.88 bits per heavy atom. The van der Waals surface area contributed by atoms with Crippen molar-refractivity contribution < 1.29 is 19.7 Å². The number of rotatable bonds is 5. The van der Waals surface area contributed by atoms with Gasteiger partial charge in [0.2, 0.25) is 5.91 Å².